The minimum atomic E-state index is -0.801. The lowest BCUT2D eigenvalue weighted by molar-refractivity contribution is -0.127. The SMILES string of the molecule is CC[C@H](C)[C@H](NC(=O)OCc1ccccc1)C(=O)NC[C@H](Cc1ccccc1)C(=O)CO. The van der Waals surface area contributed by atoms with Crippen LogP contribution in [0.25, 0.3) is 0 Å². The van der Waals surface area contributed by atoms with Gasteiger partial charge in [0.25, 0.3) is 0 Å². The number of hydrogen-bond donors (Lipinski definition) is 3. The summed E-state index contributed by atoms with van der Waals surface area (Å²) in [6, 6.07) is 17.9. The van der Waals surface area contributed by atoms with Crippen LogP contribution in [0.3, 0.4) is 0 Å². The van der Waals surface area contributed by atoms with Crippen LogP contribution < -0.4 is 10.6 Å². The number of Topliss-reactive ketones (excluding diaryl/α,β-unsaturated/α-hetero) is 1. The number of aliphatic hydroxyl groups excluding tert-OH is 1. The molecule has 2 aromatic carbocycles. The molecular weight excluding hydrogens is 408 g/mol. The van der Waals surface area contributed by atoms with Crippen LogP contribution in [0, 0.1) is 11.8 Å². The lowest BCUT2D eigenvalue weighted by atomic mass is 9.94. The molecule has 7 heteroatoms. The number of carbonyl (C=O) groups excluding carboxylic acids is 3. The molecule has 0 spiro atoms. The first-order valence-electron chi connectivity index (χ1n) is 10.9. The lowest BCUT2D eigenvalue weighted by Gasteiger charge is -2.24. The fourth-order valence-corrected chi connectivity index (χ4v) is 3.25. The second-order valence-electron chi connectivity index (χ2n) is 7.83. The zero-order valence-corrected chi connectivity index (χ0v) is 18.6. The zero-order chi connectivity index (χ0) is 23.3. The molecule has 7 nitrogen and oxygen atoms in total. The molecule has 0 fully saturated rings. The maximum absolute atomic E-state index is 12.9. The monoisotopic (exact) mass is 440 g/mol. The molecule has 0 saturated heterocycles. The molecule has 3 atom stereocenters. The van der Waals surface area contributed by atoms with E-state index in [4.69, 9.17) is 4.74 Å². The Hall–Kier alpha value is -3.19. The summed E-state index contributed by atoms with van der Waals surface area (Å²) in [5.74, 6) is -1.43. The number of ether oxygens (including phenoxy) is 1. The molecule has 3 N–H and O–H groups in total. The predicted molar refractivity (Wildman–Crippen MR) is 122 cm³/mol. The van der Waals surface area contributed by atoms with E-state index in [2.05, 4.69) is 10.6 Å². The van der Waals surface area contributed by atoms with Crippen LogP contribution in [-0.2, 0) is 27.4 Å². The second kappa shape index (κ2) is 13.3. The molecule has 0 aliphatic carbocycles. The number of hydrogen-bond acceptors (Lipinski definition) is 5. The number of carbonyl (C=O) groups is 3. The molecule has 2 amide bonds. The molecule has 2 aromatic rings. The van der Waals surface area contributed by atoms with Crippen molar-refractivity contribution < 1.29 is 24.2 Å². The van der Waals surface area contributed by atoms with Crippen molar-refractivity contribution in [2.45, 2.75) is 39.3 Å². The Morgan fingerprint density at radius 2 is 1.56 bits per heavy atom. The molecule has 0 aliphatic heterocycles. The molecule has 32 heavy (non-hydrogen) atoms. The molecular formula is C25H32N2O5. The van der Waals surface area contributed by atoms with E-state index in [1.54, 1.807) is 0 Å². The quantitative estimate of drug-likeness (QED) is 0.471. The van der Waals surface area contributed by atoms with Gasteiger partial charge in [-0.2, -0.15) is 0 Å². The highest BCUT2D eigenvalue weighted by atomic mass is 16.5. The van der Waals surface area contributed by atoms with Crippen molar-refractivity contribution in [2.24, 2.45) is 11.8 Å². The molecule has 2 rings (SSSR count). The van der Waals surface area contributed by atoms with E-state index in [-0.39, 0.29) is 30.8 Å². The molecule has 0 saturated carbocycles. The van der Waals surface area contributed by atoms with Crippen LogP contribution in [0.4, 0.5) is 4.79 Å². The molecule has 0 bridgehead atoms. The maximum atomic E-state index is 12.9. The number of amides is 2. The Bertz CT molecular complexity index is 857. The summed E-state index contributed by atoms with van der Waals surface area (Å²) in [6.07, 6.45) is 0.391. The van der Waals surface area contributed by atoms with Crippen molar-refractivity contribution >= 4 is 17.8 Å². The summed E-state index contributed by atoms with van der Waals surface area (Å²) in [7, 11) is 0. The van der Waals surface area contributed by atoms with E-state index >= 15 is 0 Å². The topological polar surface area (TPSA) is 105 Å². The average Bonchev–Trinajstić information content (AvgIpc) is 2.83. The molecule has 0 aliphatic rings. The predicted octanol–water partition coefficient (Wildman–Crippen LogP) is 2.86. The van der Waals surface area contributed by atoms with Gasteiger partial charge in [-0.1, -0.05) is 80.9 Å². The summed E-state index contributed by atoms with van der Waals surface area (Å²) in [5, 5.41) is 14.7. The highest BCUT2D eigenvalue weighted by Gasteiger charge is 2.28. The van der Waals surface area contributed by atoms with Crippen LogP contribution in [0.1, 0.15) is 31.4 Å². The second-order valence-corrected chi connectivity index (χ2v) is 7.83. The molecule has 0 unspecified atom stereocenters. The van der Waals surface area contributed by atoms with Gasteiger partial charge in [-0.05, 0) is 23.5 Å². The number of alkyl carbamates (subject to hydrolysis) is 1. The van der Waals surface area contributed by atoms with Crippen molar-refractivity contribution in [3.63, 3.8) is 0 Å². The van der Waals surface area contributed by atoms with Gasteiger partial charge in [0.15, 0.2) is 5.78 Å². The Morgan fingerprint density at radius 3 is 2.12 bits per heavy atom. The summed E-state index contributed by atoms with van der Waals surface area (Å²) in [4.78, 5) is 37.3. The van der Waals surface area contributed by atoms with Gasteiger partial charge in [0.05, 0.1) is 0 Å². The minimum Gasteiger partial charge on any atom is -0.445 e. The fraction of sp³-hybridized carbons (Fsp3) is 0.400. The standard InChI is InChI=1S/C25H32N2O5/c1-3-18(2)23(27-25(31)32-17-20-12-8-5-9-13-20)24(30)26-15-21(22(29)16-28)14-19-10-6-4-7-11-19/h4-13,18,21,23,28H,3,14-17H2,1-2H3,(H,26,30)(H,27,31)/t18-,21-,23-/m0/s1. The van der Waals surface area contributed by atoms with E-state index in [1.165, 1.54) is 0 Å². The summed E-state index contributed by atoms with van der Waals surface area (Å²) >= 11 is 0. The molecule has 0 radical (unpaired) electrons. The van der Waals surface area contributed by atoms with Crippen molar-refractivity contribution in [3.05, 3.63) is 71.8 Å². The van der Waals surface area contributed by atoms with Gasteiger partial charge < -0.3 is 20.5 Å². The third-order valence-electron chi connectivity index (χ3n) is 5.44. The molecule has 0 aromatic heterocycles. The highest BCUT2D eigenvalue weighted by Crippen LogP contribution is 2.12. The van der Waals surface area contributed by atoms with Crippen molar-refractivity contribution in [1.29, 1.82) is 0 Å². The van der Waals surface area contributed by atoms with Gasteiger partial charge >= 0.3 is 6.09 Å². The summed E-state index contributed by atoms with van der Waals surface area (Å²) in [6.45, 7) is 3.37. The Balaban J connectivity index is 1.96. The van der Waals surface area contributed by atoms with Crippen LogP contribution in [0.5, 0.6) is 0 Å². The van der Waals surface area contributed by atoms with E-state index in [0.29, 0.717) is 12.8 Å². The number of ketones is 1. The lowest BCUT2D eigenvalue weighted by Crippen LogP contribution is -2.51. The van der Waals surface area contributed by atoms with Crippen LogP contribution in [0.15, 0.2) is 60.7 Å². The number of rotatable bonds is 12. The first-order valence-corrected chi connectivity index (χ1v) is 10.9. The van der Waals surface area contributed by atoms with Crippen molar-refractivity contribution in [1.82, 2.24) is 10.6 Å². The van der Waals surface area contributed by atoms with Gasteiger partial charge in [-0.25, -0.2) is 4.79 Å². The van der Waals surface area contributed by atoms with E-state index in [0.717, 1.165) is 11.1 Å². The van der Waals surface area contributed by atoms with Gasteiger partial charge in [-0.3, -0.25) is 9.59 Å². The fourth-order valence-electron chi connectivity index (χ4n) is 3.25. The zero-order valence-electron chi connectivity index (χ0n) is 18.6. The number of aliphatic hydroxyl groups is 1. The van der Waals surface area contributed by atoms with Gasteiger partial charge in [-0.15, -0.1) is 0 Å². The third kappa shape index (κ3) is 8.15. The van der Waals surface area contributed by atoms with Crippen LogP contribution in [0.2, 0.25) is 0 Å². The summed E-state index contributed by atoms with van der Waals surface area (Å²) < 4.78 is 5.25. The Morgan fingerprint density at radius 1 is 0.969 bits per heavy atom. The molecule has 172 valence electrons. The average molecular weight is 441 g/mol. The first-order chi connectivity index (χ1) is 15.4. The largest absolute Gasteiger partial charge is 0.445 e. The van der Waals surface area contributed by atoms with E-state index in [1.807, 2.05) is 74.5 Å². The number of nitrogens with one attached hydrogen (secondary N) is 2. The third-order valence-corrected chi connectivity index (χ3v) is 5.44. The van der Waals surface area contributed by atoms with Gasteiger partial charge in [0, 0.05) is 12.5 Å². The minimum absolute atomic E-state index is 0.0702. The van der Waals surface area contributed by atoms with Crippen LogP contribution >= 0.6 is 0 Å². The van der Waals surface area contributed by atoms with E-state index < -0.39 is 24.7 Å². The normalized spacial score (nSPS) is 13.5. The van der Waals surface area contributed by atoms with Crippen molar-refractivity contribution in [3.8, 4) is 0 Å². The van der Waals surface area contributed by atoms with Crippen molar-refractivity contribution in [2.75, 3.05) is 13.2 Å². The summed E-state index contributed by atoms with van der Waals surface area (Å²) in [5.41, 5.74) is 1.79. The van der Waals surface area contributed by atoms with E-state index in [9.17, 15) is 19.5 Å². The first kappa shape index (κ1) is 25.1. The highest BCUT2D eigenvalue weighted by molar-refractivity contribution is 5.87. The maximum Gasteiger partial charge on any atom is 0.408 e. The molecule has 0 heterocycles. The Kier molecular flexibility index (Phi) is 10.4. The number of benzene rings is 2. The smallest absolute Gasteiger partial charge is 0.408 e. The van der Waals surface area contributed by atoms with Crippen LogP contribution in [-0.4, -0.2) is 42.1 Å². The van der Waals surface area contributed by atoms with Gasteiger partial charge in [0.2, 0.25) is 5.91 Å². The van der Waals surface area contributed by atoms with Gasteiger partial charge in [0.1, 0.15) is 19.3 Å². The Labute approximate surface area is 189 Å².